The highest BCUT2D eigenvalue weighted by Crippen LogP contribution is 2.19. The maximum absolute atomic E-state index is 3.52. The molecule has 14 heavy (non-hydrogen) atoms. The van der Waals surface area contributed by atoms with Gasteiger partial charge in [0, 0.05) is 11.3 Å². The van der Waals surface area contributed by atoms with E-state index in [1.165, 1.54) is 18.6 Å². The van der Waals surface area contributed by atoms with E-state index in [1.54, 1.807) is 0 Å². The summed E-state index contributed by atoms with van der Waals surface area (Å²) in [5.41, 5.74) is 0. The second-order valence-electron chi connectivity index (χ2n) is 4.46. The molecular weight excluding hydrogens is 190 g/mol. The quantitative estimate of drug-likeness (QED) is 0.667. The topological polar surface area (TPSA) is 12.0 Å². The van der Waals surface area contributed by atoms with Gasteiger partial charge in [0.2, 0.25) is 0 Å². The predicted molar refractivity (Wildman–Crippen MR) is 69.1 cm³/mol. The number of thioether (sulfide) groups is 1. The average Bonchev–Trinajstić information content (AvgIpc) is 2.14. The van der Waals surface area contributed by atoms with Crippen LogP contribution >= 0.6 is 11.8 Å². The Bertz CT molecular complexity index is 125. The fraction of sp³-hybridized carbons (Fsp3) is 1.00. The van der Waals surface area contributed by atoms with Crippen molar-refractivity contribution in [2.45, 2.75) is 58.8 Å². The third kappa shape index (κ3) is 7.69. The Morgan fingerprint density at radius 2 is 1.79 bits per heavy atom. The monoisotopic (exact) mass is 217 g/mol. The third-order valence-electron chi connectivity index (χ3n) is 2.61. The molecule has 0 saturated carbocycles. The Balaban J connectivity index is 3.34. The fourth-order valence-electron chi connectivity index (χ4n) is 1.12. The van der Waals surface area contributed by atoms with Crippen molar-refractivity contribution in [2.75, 3.05) is 12.3 Å². The van der Waals surface area contributed by atoms with Crippen molar-refractivity contribution < 1.29 is 0 Å². The third-order valence-corrected chi connectivity index (χ3v) is 4.15. The standard InChI is InChI=1S/C12H27NS/c1-6-8-13-11(4)7-9-14-12(5)10(2)3/h10-13H,6-9H2,1-5H3. The number of rotatable bonds is 8. The summed E-state index contributed by atoms with van der Waals surface area (Å²) in [6.07, 6.45) is 2.53. The fourth-order valence-corrected chi connectivity index (χ4v) is 2.36. The molecule has 1 nitrogen and oxygen atoms in total. The molecule has 0 amide bonds. The lowest BCUT2D eigenvalue weighted by molar-refractivity contribution is 0.535. The Kier molecular flexibility index (Phi) is 8.80. The molecular formula is C12H27NS. The van der Waals surface area contributed by atoms with Crippen LogP contribution in [-0.4, -0.2) is 23.6 Å². The lowest BCUT2D eigenvalue weighted by Gasteiger charge is -2.17. The van der Waals surface area contributed by atoms with Crippen LogP contribution < -0.4 is 5.32 Å². The van der Waals surface area contributed by atoms with Crippen molar-refractivity contribution in [1.82, 2.24) is 5.32 Å². The summed E-state index contributed by atoms with van der Waals surface area (Å²) >= 11 is 2.11. The molecule has 0 aromatic rings. The summed E-state index contributed by atoms with van der Waals surface area (Å²) in [6, 6.07) is 0.682. The van der Waals surface area contributed by atoms with Crippen molar-refractivity contribution in [3.63, 3.8) is 0 Å². The SMILES string of the molecule is CCCNC(C)CCSC(C)C(C)C. The van der Waals surface area contributed by atoms with Gasteiger partial charge < -0.3 is 5.32 Å². The first kappa shape index (κ1) is 14.3. The molecule has 86 valence electrons. The normalized spacial score (nSPS) is 15.9. The summed E-state index contributed by atoms with van der Waals surface area (Å²) in [4.78, 5) is 0. The zero-order valence-corrected chi connectivity index (χ0v) is 11.3. The molecule has 2 atom stereocenters. The summed E-state index contributed by atoms with van der Waals surface area (Å²) in [5.74, 6) is 2.09. The van der Waals surface area contributed by atoms with Crippen LogP contribution in [0.4, 0.5) is 0 Å². The average molecular weight is 217 g/mol. The first-order valence-corrected chi connectivity index (χ1v) is 6.97. The summed E-state index contributed by atoms with van der Waals surface area (Å²) < 4.78 is 0. The first-order chi connectivity index (χ1) is 6.57. The molecule has 0 bridgehead atoms. The lowest BCUT2D eigenvalue weighted by Crippen LogP contribution is -2.27. The van der Waals surface area contributed by atoms with Gasteiger partial charge in [-0.3, -0.25) is 0 Å². The van der Waals surface area contributed by atoms with Crippen LogP contribution in [0.2, 0.25) is 0 Å². The Morgan fingerprint density at radius 1 is 1.14 bits per heavy atom. The van der Waals surface area contributed by atoms with Crippen LogP contribution in [0.25, 0.3) is 0 Å². The van der Waals surface area contributed by atoms with Crippen molar-refractivity contribution in [1.29, 1.82) is 0 Å². The van der Waals surface area contributed by atoms with E-state index in [-0.39, 0.29) is 0 Å². The number of hydrogen-bond acceptors (Lipinski definition) is 2. The number of nitrogens with one attached hydrogen (secondary N) is 1. The van der Waals surface area contributed by atoms with Crippen molar-refractivity contribution in [3.05, 3.63) is 0 Å². The molecule has 0 spiro atoms. The minimum Gasteiger partial charge on any atom is -0.314 e. The zero-order chi connectivity index (χ0) is 11.0. The van der Waals surface area contributed by atoms with Crippen LogP contribution in [0.15, 0.2) is 0 Å². The predicted octanol–water partition coefficient (Wildman–Crippen LogP) is 3.54. The first-order valence-electron chi connectivity index (χ1n) is 5.92. The van der Waals surface area contributed by atoms with Crippen LogP contribution in [0.1, 0.15) is 47.5 Å². The van der Waals surface area contributed by atoms with Gasteiger partial charge in [-0.25, -0.2) is 0 Å². The maximum Gasteiger partial charge on any atom is 0.00465 e. The molecule has 0 heterocycles. The van der Waals surface area contributed by atoms with Gasteiger partial charge in [0.25, 0.3) is 0 Å². The molecule has 0 aliphatic carbocycles. The van der Waals surface area contributed by atoms with E-state index in [0.29, 0.717) is 6.04 Å². The van der Waals surface area contributed by atoms with E-state index in [0.717, 1.165) is 17.7 Å². The highest BCUT2D eigenvalue weighted by molar-refractivity contribution is 7.99. The molecule has 0 saturated heterocycles. The van der Waals surface area contributed by atoms with Gasteiger partial charge >= 0.3 is 0 Å². The molecule has 0 aliphatic rings. The maximum atomic E-state index is 3.52. The molecule has 0 fully saturated rings. The van der Waals surface area contributed by atoms with Crippen LogP contribution in [-0.2, 0) is 0 Å². The molecule has 1 N–H and O–H groups in total. The van der Waals surface area contributed by atoms with Gasteiger partial charge in [0.15, 0.2) is 0 Å². The highest BCUT2D eigenvalue weighted by Gasteiger charge is 2.08. The summed E-state index contributed by atoms with van der Waals surface area (Å²) in [5, 5.41) is 4.32. The van der Waals surface area contributed by atoms with Crippen molar-refractivity contribution in [2.24, 2.45) is 5.92 Å². The second-order valence-corrected chi connectivity index (χ2v) is 5.95. The smallest absolute Gasteiger partial charge is 0.00465 e. The second kappa shape index (κ2) is 8.60. The largest absolute Gasteiger partial charge is 0.314 e. The van der Waals surface area contributed by atoms with Gasteiger partial charge in [0.05, 0.1) is 0 Å². The van der Waals surface area contributed by atoms with Crippen LogP contribution in [0.3, 0.4) is 0 Å². The van der Waals surface area contributed by atoms with E-state index in [4.69, 9.17) is 0 Å². The molecule has 2 unspecified atom stereocenters. The van der Waals surface area contributed by atoms with Gasteiger partial charge in [-0.05, 0) is 38.0 Å². The minimum atomic E-state index is 0.682. The molecule has 0 radical (unpaired) electrons. The Morgan fingerprint density at radius 3 is 2.29 bits per heavy atom. The summed E-state index contributed by atoms with van der Waals surface area (Å²) in [6.45, 7) is 12.6. The summed E-state index contributed by atoms with van der Waals surface area (Å²) in [7, 11) is 0. The van der Waals surface area contributed by atoms with Crippen molar-refractivity contribution in [3.8, 4) is 0 Å². The van der Waals surface area contributed by atoms with E-state index < -0.39 is 0 Å². The minimum absolute atomic E-state index is 0.682. The lowest BCUT2D eigenvalue weighted by atomic mass is 10.2. The molecule has 2 heteroatoms. The Labute approximate surface area is 94.4 Å². The van der Waals surface area contributed by atoms with E-state index in [9.17, 15) is 0 Å². The molecule has 0 rings (SSSR count). The van der Waals surface area contributed by atoms with E-state index in [1.807, 2.05) is 0 Å². The van der Waals surface area contributed by atoms with E-state index in [2.05, 4.69) is 51.7 Å². The van der Waals surface area contributed by atoms with Gasteiger partial charge in [-0.15, -0.1) is 0 Å². The molecule has 0 aliphatic heterocycles. The Hall–Kier alpha value is 0.310. The van der Waals surface area contributed by atoms with Gasteiger partial charge in [-0.1, -0.05) is 27.7 Å². The van der Waals surface area contributed by atoms with Gasteiger partial charge in [-0.2, -0.15) is 11.8 Å². The van der Waals surface area contributed by atoms with E-state index >= 15 is 0 Å². The zero-order valence-electron chi connectivity index (χ0n) is 10.5. The highest BCUT2D eigenvalue weighted by atomic mass is 32.2. The molecule has 0 aromatic carbocycles. The van der Waals surface area contributed by atoms with Crippen LogP contribution in [0, 0.1) is 5.92 Å². The molecule has 0 aromatic heterocycles. The van der Waals surface area contributed by atoms with Crippen LogP contribution in [0.5, 0.6) is 0 Å². The van der Waals surface area contributed by atoms with Crippen molar-refractivity contribution >= 4 is 11.8 Å². The number of hydrogen-bond donors (Lipinski definition) is 1. The van der Waals surface area contributed by atoms with Gasteiger partial charge in [0.1, 0.15) is 0 Å².